The zero-order valence-corrected chi connectivity index (χ0v) is 8.94. The molecule has 17 heavy (non-hydrogen) atoms. The number of benzene rings is 2. The number of fused-ring (bicyclic) bond motifs is 2. The molecule has 2 aromatic carbocycles. The topological polar surface area (TPSA) is 30.2 Å². The SMILES string of the molecule is [CH]c1cccc2c(=O)c3cccc([CH])c3oc12. The third kappa shape index (κ3) is 1.37. The Morgan fingerprint density at radius 2 is 1.29 bits per heavy atom. The van der Waals surface area contributed by atoms with Crippen LogP contribution in [0.2, 0.25) is 0 Å². The summed E-state index contributed by atoms with van der Waals surface area (Å²) < 4.78 is 5.64. The summed E-state index contributed by atoms with van der Waals surface area (Å²) in [6.07, 6.45) is 0. The first-order valence-corrected chi connectivity index (χ1v) is 5.18. The molecule has 80 valence electrons. The fourth-order valence-corrected chi connectivity index (χ4v) is 1.94. The van der Waals surface area contributed by atoms with Crippen LogP contribution < -0.4 is 5.43 Å². The Labute approximate surface area is 98.5 Å². The van der Waals surface area contributed by atoms with Gasteiger partial charge in [0.25, 0.3) is 0 Å². The van der Waals surface area contributed by atoms with E-state index in [9.17, 15) is 4.79 Å². The number of hydrogen-bond acceptors (Lipinski definition) is 2. The maximum Gasteiger partial charge on any atom is 0.200 e. The van der Waals surface area contributed by atoms with E-state index in [1.54, 1.807) is 36.4 Å². The van der Waals surface area contributed by atoms with Crippen molar-refractivity contribution < 1.29 is 4.42 Å². The molecule has 0 aliphatic rings. The Kier molecular flexibility index (Phi) is 2.05. The third-order valence-electron chi connectivity index (χ3n) is 2.78. The van der Waals surface area contributed by atoms with E-state index in [0.29, 0.717) is 33.1 Å². The van der Waals surface area contributed by atoms with Gasteiger partial charge in [0.2, 0.25) is 5.43 Å². The molecule has 3 rings (SSSR count). The van der Waals surface area contributed by atoms with E-state index in [1.165, 1.54) is 0 Å². The van der Waals surface area contributed by atoms with Crippen LogP contribution in [0.1, 0.15) is 11.1 Å². The van der Waals surface area contributed by atoms with Crippen molar-refractivity contribution >= 4 is 21.9 Å². The van der Waals surface area contributed by atoms with Gasteiger partial charge >= 0.3 is 0 Å². The molecule has 0 unspecified atom stereocenters. The molecule has 0 saturated heterocycles. The predicted octanol–water partition coefficient (Wildman–Crippen LogP) is 3.06. The number of rotatable bonds is 0. The summed E-state index contributed by atoms with van der Waals surface area (Å²) in [7, 11) is 0. The van der Waals surface area contributed by atoms with E-state index in [1.807, 2.05) is 0 Å². The van der Waals surface area contributed by atoms with Crippen LogP contribution in [0.3, 0.4) is 0 Å². The van der Waals surface area contributed by atoms with Gasteiger partial charge in [0.05, 0.1) is 10.8 Å². The molecule has 1 heterocycles. The van der Waals surface area contributed by atoms with Gasteiger partial charge in [-0.15, -0.1) is 0 Å². The van der Waals surface area contributed by atoms with Crippen LogP contribution in [0.5, 0.6) is 0 Å². The lowest BCUT2D eigenvalue weighted by Gasteiger charge is -2.04. The lowest BCUT2D eigenvalue weighted by atomic mass is 10.1. The van der Waals surface area contributed by atoms with Gasteiger partial charge in [-0.2, -0.15) is 0 Å². The molecule has 0 aliphatic heterocycles. The van der Waals surface area contributed by atoms with E-state index in [4.69, 9.17) is 18.3 Å². The molecule has 0 aliphatic carbocycles. The van der Waals surface area contributed by atoms with Crippen LogP contribution in [0.15, 0.2) is 45.6 Å². The van der Waals surface area contributed by atoms with Crippen molar-refractivity contribution in [2.24, 2.45) is 0 Å². The van der Waals surface area contributed by atoms with Gasteiger partial charge in [0, 0.05) is 13.8 Å². The lowest BCUT2D eigenvalue weighted by molar-refractivity contribution is 0.656. The fraction of sp³-hybridized carbons (Fsp3) is 0. The first-order chi connectivity index (χ1) is 8.18. The first-order valence-electron chi connectivity index (χ1n) is 5.18. The smallest absolute Gasteiger partial charge is 0.200 e. The lowest BCUT2D eigenvalue weighted by Crippen LogP contribution is -2.03. The largest absolute Gasteiger partial charge is 0.455 e. The number of para-hydroxylation sites is 2. The molecule has 2 heteroatoms. The van der Waals surface area contributed by atoms with E-state index >= 15 is 0 Å². The van der Waals surface area contributed by atoms with Crippen LogP contribution >= 0.6 is 0 Å². The second-order valence-electron chi connectivity index (χ2n) is 3.88. The second kappa shape index (κ2) is 3.45. The molecule has 0 spiro atoms. The minimum atomic E-state index is -0.110. The fourth-order valence-electron chi connectivity index (χ4n) is 1.94. The maximum atomic E-state index is 12.2. The van der Waals surface area contributed by atoms with Gasteiger partial charge in [-0.3, -0.25) is 4.79 Å². The normalized spacial score (nSPS) is 11.2. The summed E-state index contributed by atoms with van der Waals surface area (Å²) in [5.74, 6) is 0. The van der Waals surface area contributed by atoms with Crippen molar-refractivity contribution in [3.8, 4) is 0 Å². The molecule has 0 saturated carbocycles. The highest BCUT2D eigenvalue weighted by atomic mass is 16.3. The number of hydrogen-bond donors (Lipinski definition) is 0. The highest BCUT2D eigenvalue weighted by Crippen LogP contribution is 2.23. The van der Waals surface area contributed by atoms with E-state index in [2.05, 4.69) is 0 Å². The van der Waals surface area contributed by atoms with Gasteiger partial charge in [0.15, 0.2) is 0 Å². The van der Waals surface area contributed by atoms with Crippen LogP contribution in [-0.2, 0) is 0 Å². The molecule has 0 atom stereocenters. The van der Waals surface area contributed by atoms with Crippen molar-refractivity contribution in [1.82, 2.24) is 0 Å². The average molecular weight is 220 g/mol. The summed E-state index contributed by atoms with van der Waals surface area (Å²) in [6.45, 7) is 11.6. The molecule has 3 aromatic rings. The maximum absolute atomic E-state index is 12.2. The summed E-state index contributed by atoms with van der Waals surface area (Å²) in [4.78, 5) is 12.2. The van der Waals surface area contributed by atoms with Crippen molar-refractivity contribution in [2.75, 3.05) is 0 Å². The molecule has 0 bridgehead atoms. The zero-order chi connectivity index (χ0) is 12.0. The highest BCUT2D eigenvalue weighted by Gasteiger charge is 2.10. The van der Waals surface area contributed by atoms with Gasteiger partial charge in [-0.1, -0.05) is 24.3 Å². The quantitative estimate of drug-likeness (QED) is 0.545. The van der Waals surface area contributed by atoms with Gasteiger partial charge in [-0.25, -0.2) is 0 Å². The van der Waals surface area contributed by atoms with E-state index < -0.39 is 0 Å². The minimum Gasteiger partial charge on any atom is -0.455 e. The van der Waals surface area contributed by atoms with Crippen molar-refractivity contribution in [1.29, 1.82) is 0 Å². The molecule has 1 aromatic heterocycles. The standard InChI is InChI=1S/C15H8O2/c1-9-5-3-7-11-13(16)12-8-4-6-10(2)15(12)17-14(9)11/h1-8H. The molecule has 2 nitrogen and oxygen atoms in total. The molecule has 0 amide bonds. The Balaban J connectivity index is 2.68. The second-order valence-corrected chi connectivity index (χ2v) is 3.88. The summed E-state index contributed by atoms with van der Waals surface area (Å²) in [5, 5.41) is 0.950. The molecule has 0 N–H and O–H groups in total. The van der Waals surface area contributed by atoms with Crippen LogP contribution in [0.25, 0.3) is 21.9 Å². The highest BCUT2D eigenvalue weighted by molar-refractivity contribution is 5.92. The molecular weight excluding hydrogens is 212 g/mol. The van der Waals surface area contributed by atoms with Crippen LogP contribution in [0.4, 0.5) is 0 Å². The Hall–Kier alpha value is -2.09. The van der Waals surface area contributed by atoms with Crippen molar-refractivity contribution in [3.63, 3.8) is 0 Å². The van der Waals surface area contributed by atoms with Crippen molar-refractivity contribution in [3.05, 3.63) is 71.6 Å². The van der Waals surface area contributed by atoms with Crippen LogP contribution in [-0.4, -0.2) is 0 Å². The summed E-state index contributed by atoms with van der Waals surface area (Å²) in [6, 6.07) is 10.2. The van der Waals surface area contributed by atoms with Gasteiger partial charge in [0.1, 0.15) is 11.2 Å². The Morgan fingerprint density at radius 1 is 0.824 bits per heavy atom. The van der Waals surface area contributed by atoms with Crippen LogP contribution in [0, 0.1) is 13.8 Å². The zero-order valence-electron chi connectivity index (χ0n) is 8.94. The van der Waals surface area contributed by atoms with Gasteiger partial charge < -0.3 is 4.42 Å². The van der Waals surface area contributed by atoms with E-state index in [-0.39, 0.29) is 5.43 Å². The summed E-state index contributed by atoms with van der Waals surface area (Å²) >= 11 is 0. The molecular formula is C15H8O2. The predicted molar refractivity (Wildman–Crippen MR) is 66.8 cm³/mol. The average Bonchev–Trinajstić information content (AvgIpc) is 2.32. The van der Waals surface area contributed by atoms with Gasteiger partial charge in [-0.05, 0) is 23.3 Å². The Bertz CT molecular complexity index is 719. The molecule has 4 radical (unpaired) electrons. The minimum absolute atomic E-state index is 0.110. The third-order valence-corrected chi connectivity index (χ3v) is 2.78. The monoisotopic (exact) mass is 220 g/mol. The molecule has 0 fully saturated rings. The first kappa shape index (κ1) is 10.1. The van der Waals surface area contributed by atoms with E-state index in [0.717, 1.165) is 0 Å². The summed E-state index contributed by atoms with van der Waals surface area (Å²) in [5.41, 5.74) is 1.54. The Morgan fingerprint density at radius 3 is 1.76 bits per heavy atom. The van der Waals surface area contributed by atoms with Crippen molar-refractivity contribution in [2.45, 2.75) is 0 Å².